The maximum atomic E-state index is 12.7. The normalized spacial score (nSPS) is 25.0. The summed E-state index contributed by atoms with van der Waals surface area (Å²) in [6, 6.07) is 3.47. The first-order valence-corrected chi connectivity index (χ1v) is 8.83. The Hall–Kier alpha value is -1.29. The molecule has 22 heavy (non-hydrogen) atoms. The summed E-state index contributed by atoms with van der Waals surface area (Å²) in [7, 11) is -3.44. The predicted molar refractivity (Wildman–Crippen MR) is 78.6 cm³/mol. The molecule has 0 bridgehead atoms. The van der Waals surface area contributed by atoms with Gasteiger partial charge in [-0.05, 0) is 18.9 Å². The van der Waals surface area contributed by atoms with Gasteiger partial charge in [-0.1, -0.05) is 0 Å². The quantitative estimate of drug-likeness (QED) is 0.767. The fourth-order valence-electron chi connectivity index (χ4n) is 2.67. The highest BCUT2D eigenvalue weighted by Gasteiger charge is 2.35. The van der Waals surface area contributed by atoms with Crippen molar-refractivity contribution in [3.8, 4) is 5.88 Å². The van der Waals surface area contributed by atoms with Crippen molar-refractivity contribution in [3.05, 3.63) is 18.3 Å². The van der Waals surface area contributed by atoms with Gasteiger partial charge in [-0.25, -0.2) is 0 Å². The molecule has 0 aliphatic carbocycles. The highest BCUT2D eigenvalue weighted by Crippen LogP contribution is 2.20. The molecule has 2 fully saturated rings. The third-order valence-corrected chi connectivity index (χ3v) is 5.80. The van der Waals surface area contributed by atoms with Gasteiger partial charge in [-0.2, -0.15) is 22.1 Å². The van der Waals surface area contributed by atoms with Crippen LogP contribution in [0.15, 0.2) is 18.3 Å². The molecule has 2 aliphatic rings. The van der Waals surface area contributed by atoms with Crippen molar-refractivity contribution in [3.63, 3.8) is 0 Å². The molecule has 0 aromatic carbocycles. The summed E-state index contributed by atoms with van der Waals surface area (Å²) in [6.45, 7) is 2.60. The van der Waals surface area contributed by atoms with Crippen molar-refractivity contribution >= 4 is 10.2 Å². The highest BCUT2D eigenvalue weighted by atomic mass is 32.2. The molecule has 8 nitrogen and oxygen atoms in total. The molecule has 1 aromatic rings. The van der Waals surface area contributed by atoms with Gasteiger partial charge in [-0.15, -0.1) is 5.10 Å². The van der Waals surface area contributed by atoms with Crippen molar-refractivity contribution in [2.45, 2.75) is 18.9 Å². The fourth-order valence-corrected chi connectivity index (χ4v) is 4.32. The summed E-state index contributed by atoms with van der Waals surface area (Å²) in [5, 5.41) is 7.65. The van der Waals surface area contributed by atoms with Gasteiger partial charge in [0.2, 0.25) is 5.88 Å². The molecular weight excluding hydrogens is 308 g/mol. The topological polar surface area (TPSA) is 84.9 Å². The first kappa shape index (κ1) is 15.6. The Balaban J connectivity index is 1.64. The van der Waals surface area contributed by atoms with Crippen molar-refractivity contribution in [1.29, 1.82) is 0 Å². The molecule has 0 N–H and O–H groups in total. The van der Waals surface area contributed by atoms with Gasteiger partial charge in [0.15, 0.2) is 0 Å². The summed E-state index contributed by atoms with van der Waals surface area (Å²) in [5.41, 5.74) is 0. The molecule has 0 amide bonds. The van der Waals surface area contributed by atoms with Crippen LogP contribution in [0.1, 0.15) is 12.8 Å². The Kier molecular flexibility index (Phi) is 4.87. The molecule has 1 atom stereocenters. The second-order valence-electron chi connectivity index (χ2n) is 5.32. The van der Waals surface area contributed by atoms with Gasteiger partial charge >= 0.3 is 0 Å². The Bertz CT molecular complexity index is 577. The van der Waals surface area contributed by atoms with E-state index in [1.807, 2.05) is 0 Å². The van der Waals surface area contributed by atoms with Crippen LogP contribution in [0, 0.1) is 0 Å². The van der Waals surface area contributed by atoms with Crippen LogP contribution >= 0.6 is 0 Å². The third kappa shape index (κ3) is 3.54. The maximum absolute atomic E-state index is 12.7. The van der Waals surface area contributed by atoms with Crippen molar-refractivity contribution in [1.82, 2.24) is 18.8 Å². The smallest absolute Gasteiger partial charge is 0.282 e. The van der Waals surface area contributed by atoms with Gasteiger partial charge in [-0.3, -0.25) is 0 Å². The maximum Gasteiger partial charge on any atom is 0.282 e. The van der Waals surface area contributed by atoms with Crippen LogP contribution in [0.25, 0.3) is 0 Å². The van der Waals surface area contributed by atoms with E-state index >= 15 is 0 Å². The second kappa shape index (κ2) is 6.86. The van der Waals surface area contributed by atoms with E-state index in [9.17, 15) is 8.42 Å². The predicted octanol–water partition coefficient (Wildman–Crippen LogP) is -0.103. The Morgan fingerprint density at radius 2 is 2.05 bits per heavy atom. The molecule has 122 valence electrons. The zero-order chi connectivity index (χ0) is 15.4. The van der Waals surface area contributed by atoms with Gasteiger partial charge in [0.25, 0.3) is 10.2 Å². The van der Waals surface area contributed by atoms with Crippen LogP contribution in [-0.2, 0) is 14.9 Å². The second-order valence-corrected chi connectivity index (χ2v) is 7.25. The van der Waals surface area contributed by atoms with Gasteiger partial charge in [0.1, 0.15) is 6.10 Å². The summed E-state index contributed by atoms with van der Waals surface area (Å²) >= 11 is 0. The largest absolute Gasteiger partial charge is 0.472 e. The number of nitrogens with zero attached hydrogens (tertiary/aromatic N) is 4. The zero-order valence-electron chi connectivity index (χ0n) is 12.3. The molecule has 2 saturated heterocycles. The van der Waals surface area contributed by atoms with E-state index in [1.54, 1.807) is 18.3 Å². The first-order chi connectivity index (χ1) is 10.7. The molecule has 3 rings (SSSR count). The number of rotatable bonds is 4. The molecule has 0 spiro atoms. The summed E-state index contributed by atoms with van der Waals surface area (Å²) in [4.78, 5) is 0. The monoisotopic (exact) mass is 328 g/mol. The standard InChI is InChI=1S/C13H20N4O4S/c18-22(19,16-7-9-20-10-8-16)17-6-2-3-12(11-17)21-13-4-1-5-14-15-13/h1,4-5,12H,2-3,6-11H2. The Morgan fingerprint density at radius 3 is 2.77 bits per heavy atom. The average molecular weight is 328 g/mol. The lowest BCUT2D eigenvalue weighted by molar-refractivity contribution is 0.0663. The minimum Gasteiger partial charge on any atom is -0.472 e. The van der Waals surface area contributed by atoms with Crippen LogP contribution in [0.3, 0.4) is 0 Å². The van der Waals surface area contributed by atoms with Crippen molar-refractivity contribution in [2.24, 2.45) is 0 Å². The summed E-state index contributed by atoms with van der Waals surface area (Å²) in [5.74, 6) is 0.429. The lowest BCUT2D eigenvalue weighted by Gasteiger charge is -2.36. The Morgan fingerprint density at radius 1 is 1.23 bits per heavy atom. The van der Waals surface area contributed by atoms with E-state index in [-0.39, 0.29) is 6.10 Å². The van der Waals surface area contributed by atoms with E-state index in [2.05, 4.69) is 10.2 Å². The number of morpholine rings is 1. The number of ether oxygens (including phenoxy) is 2. The Labute approximate surface area is 130 Å². The van der Waals surface area contributed by atoms with E-state index in [1.165, 1.54) is 8.61 Å². The first-order valence-electron chi connectivity index (χ1n) is 7.43. The summed E-state index contributed by atoms with van der Waals surface area (Å²) in [6.07, 6.45) is 2.96. The van der Waals surface area contributed by atoms with E-state index < -0.39 is 10.2 Å². The molecule has 9 heteroatoms. The molecule has 2 aliphatic heterocycles. The van der Waals surface area contributed by atoms with Crippen molar-refractivity contribution in [2.75, 3.05) is 39.4 Å². The molecule has 1 aromatic heterocycles. The van der Waals surface area contributed by atoms with Crippen LogP contribution in [0.2, 0.25) is 0 Å². The minimum atomic E-state index is -3.44. The molecule has 0 radical (unpaired) electrons. The van der Waals surface area contributed by atoms with Crippen LogP contribution < -0.4 is 4.74 Å². The lowest BCUT2D eigenvalue weighted by atomic mass is 10.1. The van der Waals surface area contributed by atoms with E-state index in [0.29, 0.717) is 45.3 Å². The highest BCUT2D eigenvalue weighted by molar-refractivity contribution is 7.86. The van der Waals surface area contributed by atoms with Gasteiger partial charge in [0.05, 0.1) is 19.8 Å². The fraction of sp³-hybridized carbons (Fsp3) is 0.692. The zero-order valence-corrected chi connectivity index (χ0v) is 13.1. The average Bonchev–Trinajstić information content (AvgIpc) is 2.57. The molecular formula is C13H20N4O4S. The summed E-state index contributed by atoms with van der Waals surface area (Å²) < 4.78 is 39.3. The molecule has 1 unspecified atom stereocenters. The van der Waals surface area contributed by atoms with E-state index in [4.69, 9.17) is 9.47 Å². The van der Waals surface area contributed by atoms with Gasteiger partial charge in [0, 0.05) is 31.9 Å². The third-order valence-electron chi connectivity index (χ3n) is 3.80. The number of hydrogen-bond donors (Lipinski definition) is 0. The van der Waals surface area contributed by atoms with Crippen molar-refractivity contribution < 1.29 is 17.9 Å². The van der Waals surface area contributed by atoms with Gasteiger partial charge < -0.3 is 9.47 Å². The number of aromatic nitrogens is 2. The molecule has 3 heterocycles. The molecule has 0 saturated carbocycles. The van der Waals surface area contributed by atoms with Crippen LogP contribution in [0.5, 0.6) is 5.88 Å². The van der Waals surface area contributed by atoms with Crippen LogP contribution in [-0.4, -0.2) is 72.7 Å². The minimum absolute atomic E-state index is 0.193. The SMILES string of the molecule is O=S(=O)(N1CCOCC1)N1CCCC(Oc2cccnn2)C1. The van der Waals surface area contributed by atoms with E-state index in [0.717, 1.165) is 12.8 Å². The lowest BCUT2D eigenvalue weighted by Crippen LogP contribution is -2.53. The number of hydrogen-bond acceptors (Lipinski definition) is 6. The number of piperidine rings is 1. The van der Waals surface area contributed by atoms with Crippen LogP contribution in [0.4, 0.5) is 0 Å².